The fourth-order valence-corrected chi connectivity index (χ4v) is 4.91. The largest absolute Gasteiger partial charge is 0.445 e. The lowest BCUT2D eigenvalue weighted by Crippen LogP contribution is -2.18. The Morgan fingerprint density at radius 1 is 1.06 bits per heavy atom. The maximum Gasteiger partial charge on any atom is 0.407 e. The van der Waals surface area contributed by atoms with Gasteiger partial charge >= 0.3 is 6.09 Å². The van der Waals surface area contributed by atoms with Crippen molar-refractivity contribution in [2.24, 2.45) is 0 Å². The number of halogens is 2. The van der Waals surface area contributed by atoms with E-state index in [9.17, 15) is 22.0 Å². The molecule has 0 spiro atoms. The number of hydrogen-bond donors (Lipinski definition) is 2. The van der Waals surface area contributed by atoms with E-state index >= 15 is 0 Å². The number of ether oxygens (including phenoxy) is 1. The number of nitrogens with one attached hydrogen (secondary N) is 2. The first-order chi connectivity index (χ1) is 16.2. The summed E-state index contributed by atoms with van der Waals surface area (Å²) in [5.41, 5.74) is 2.08. The topological polar surface area (TPSA) is 89.4 Å². The normalized spacial score (nSPS) is 11.4. The zero-order chi connectivity index (χ0) is 24.5. The van der Waals surface area contributed by atoms with Crippen LogP contribution in [0, 0.1) is 18.6 Å². The Morgan fingerprint density at radius 3 is 2.56 bits per heavy atom. The van der Waals surface area contributed by atoms with E-state index in [0.29, 0.717) is 16.6 Å². The molecule has 0 aliphatic carbocycles. The monoisotopic (exact) mass is 485 g/mol. The second kappa shape index (κ2) is 9.14. The number of aryl methyl sites for hydroxylation is 1. The molecule has 0 saturated carbocycles. The van der Waals surface area contributed by atoms with E-state index in [1.54, 1.807) is 31.2 Å². The highest BCUT2D eigenvalue weighted by molar-refractivity contribution is 7.90. The molecule has 4 rings (SSSR count). The van der Waals surface area contributed by atoms with Crippen LogP contribution in [0.15, 0.2) is 71.8 Å². The summed E-state index contributed by atoms with van der Waals surface area (Å²) in [4.78, 5) is 11.3. The molecule has 0 fully saturated rings. The van der Waals surface area contributed by atoms with Crippen molar-refractivity contribution in [2.75, 3.05) is 12.4 Å². The maximum absolute atomic E-state index is 14.3. The number of benzene rings is 3. The molecule has 34 heavy (non-hydrogen) atoms. The van der Waals surface area contributed by atoms with Crippen molar-refractivity contribution in [1.82, 2.24) is 9.29 Å². The first kappa shape index (κ1) is 23.2. The van der Waals surface area contributed by atoms with Crippen molar-refractivity contribution >= 4 is 38.4 Å². The van der Waals surface area contributed by atoms with Gasteiger partial charge in [0, 0.05) is 29.9 Å². The Hall–Kier alpha value is -3.92. The van der Waals surface area contributed by atoms with Crippen molar-refractivity contribution in [3.63, 3.8) is 0 Å². The highest BCUT2D eigenvalue weighted by Crippen LogP contribution is 2.31. The van der Waals surface area contributed by atoms with Crippen LogP contribution in [-0.4, -0.2) is 25.5 Å². The first-order valence-corrected chi connectivity index (χ1v) is 11.7. The smallest absolute Gasteiger partial charge is 0.407 e. The van der Waals surface area contributed by atoms with Gasteiger partial charge in [0.1, 0.15) is 18.2 Å². The standard InChI is InChI=1S/C24H21F2N3O4S/c1-15-6-9-22(21(26)10-15)28-18-7-8-20-16(14-33-24(30)27-2)13-29(23(20)12-18)34(31,32)19-5-3-4-17(25)11-19/h3-13,28H,14H2,1-2H3,(H,27,30). The van der Waals surface area contributed by atoms with Gasteiger partial charge in [0.25, 0.3) is 10.0 Å². The van der Waals surface area contributed by atoms with Gasteiger partial charge in [-0.2, -0.15) is 0 Å². The van der Waals surface area contributed by atoms with Crippen LogP contribution in [-0.2, 0) is 21.4 Å². The number of nitrogens with zero attached hydrogens (tertiary/aromatic N) is 1. The molecular weight excluding hydrogens is 464 g/mol. The Labute approximate surface area is 195 Å². The van der Waals surface area contributed by atoms with Gasteiger partial charge < -0.3 is 15.4 Å². The third kappa shape index (κ3) is 4.58. The number of fused-ring (bicyclic) bond motifs is 1. The molecule has 0 aliphatic rings. The van der Waals surface area contributed by atoms with E-state index < -0.39 is 27.8 Å². The Kier molecular flexibility index (Phi) is 6.25. The summed E-state index contributed by atoms with van der Waals surface area (Å²) in [6, 6.07) is 14.2. The third-order valence-corrected chi connectivity index (χ3v) is 6.84. The van der Waals surface area contributed by atoms with Gasteiger partial charge in [0.2, 0.25) is 0 Å². The number of anilines is 2. The van der Waals surface area contributed by atoms with Crippen molar-refractivity contribution in [2.45, 2.75) is 18.4 Å². The predicted octanol–water partition coefficient (Wildman–Crippen LogP) is 5.06. The predicted molar refractivity (Wildman–Crippen MR) is 125 cm³/mol. The van der Waals surface area contributed by atoms with Crippen molar-refractivity contribution in [3.8, 4) is 0 Å². The lowest BCUT2D eigenvalue weighted by molar-refractivity contribution is 0.142. The molecule has 0 bridgehead atoms. The fraction of sp³-hybridized carbons (Fsp3) is 0.125. The van der Waals surface area contributed by atoms with E-state index in [0.717, 1.165) is 21.7 Å². The summed E-state index contributed by atoms with van der Waals surface area (Å²) in [6.07, 6.45) is 0.645. The molecule has 7 nitrogen and oxygen atoms in total. The van der Waals surface area contributed by atoms with E-state index in [4.69, 9.17) is 4.74 Å². The van der Waals surface area contributed by atoms with E-state index in [1.807, 2.05) is 0 Å². The number of carbonyl (C=O) groups excluding carboxylic acids is 1. The second-order valence-electron chi connectivity index (χ2n) is 7.58. The van der Waals surface area contributed by atoms with E-state index in [-0.39, 0.29) is 22.7 Å². The molecule has 176 valence electrons. The van der Waals surface area contributed by atoms with Gasteiger partial charge in [-0.1, -0.05) is 18.2 Å². The number of aromatic nitrogens is 1. The quantitative estimate of drug-likeness (QED) is 0.398. The van der Waals surface area contributed by atoms with E-state index in [2.05, 4.69) is 10.6 Å². The minimum atomic E-state index is -4.20. The lowest BCUT2D eigenvalue weighted by Gasteiger charge is -2.11. The molecule has 10 heteroatoms. The number of amides is 1. The summed E-state index contributed by atoms with van der Waals surface area (Å²) >= 11 is 0. The summed E-state index contributed by atoms with van der Waals surface area (Å²) in [7, 11) is -2.79. The summed E-state index contributed by atoms with van der Waals surface area (Å²) in [5.74, 6) is -1.15. The molecule has 1 amide bonds. The molecule has 1 heterocycles. The number of rotatable bonds is 6. The molecule has 4 aromatic rings. The van der Waals surface area contributed by atoms with Gasteiger partial charge in [-0.3, -0.25) is 0 Å². The Morgan fingerprint density at radius 2 is 1.85 bits per heavy atom. The maximum atomic E-state index is 14.3. The number of hydrogen-bond acceptors (Lipinski definition) is 5. The Bertz CT molecular complexity index is 1500. The minimum absolute atomic E-state index is 0.193. The van der Waals surface area contributed by atoms with Gasteiger partial charge in [-0.05, 0) is 55.0 Å². The van der Waals surface area contributed by atoms with Crippen LogP contribution in [0.25, 0.3) is 10.9 Å². The van der Waals surface area contributed by atoms with Gasteiger partial charge in [0.15, 0.2) is 0 Å². The van der Waals surface area contributed by atoms with Crippen molar-refractivity contribution < 1.29 is 26.7 Å². The Balaban J connectivity index is 1.83. The molecule has 0 saturated heterocycles. The summed E-state index contributed by atoms with van der Waals surface area (Å²) in [5, 5.41) is 5.77. The highest BCUT2D eigenvalue weighted by atomic mass is 32.2. The number of alkyl carbamates (subject to hydrolysis) is 1. The zero-order valence-electron chi connectivity index (χ0n) is 18.3. The van der Waals surface area contributed by atoms with Crippen LogP contribution in [0.5, 0.6) is 0 Å². The summed E-state index contributed by atoms with van der Waals surface area (Å²) in [6.45, 7) is 1.58. The van der Waals surface area contributed by atoms with Crippen LogP contribution in [0.1, 0.15) is 11.1 Å². The van der Waals surface area contributed by atoms with Crippen molar-refractivity contribution in [1.29, 1.82) is 0 Å². The van der Waals surface area contributed by atoms with Gasteiger partial charge in [0.05, 0.1) is 16.1 Å². The fourth-order valence-electron chi connectivity index (χ4n) is 3.49. The third-order valence-electron chi connectivity index (χ3n) is 5.17. The molecule has 0 aliphatic heterocycles. The van der Waals surface area contributed by atoms with Gasteiger partial charge in [-0.15, -0.1) is 0 Å². The van der Waals surface area contributed by atoms with E-state index in [1.165, 1.54) is 37.5 Å². The lowest BCUT2D eigenvalue weighted by atomic mass is 10.1. The molecule has 1 aromatic heterocycles. The molecule has 0 atom stereocenters. The molecule has 0 unspecified atom stereocenters. The molecular formula is C24H21F2N3O4S. The average Bonchev–Trinajstić information content (AvgIpc) is 3.18. The SMILES string of the molecule is CNC(=O)OCc1cn(S(=O)(=O)c2cccc(F)c2)c2cc(Nc3ccc(C)cc3F)ccc12. The van der Waals surface area contributed by atoms with Gasteiger partial charge in [-0.25, -0.2) is 26.0 Å². The molecule has 3 aromatic carbocycles. The highest BCUT2D eigenvalue weighted by Gasteiger charge is 2.23. The average molecular weight is 486 g/mol. The van der Waals surface area contributed by atoms with Crippen molar-refractivity contribution in [3.05, 3.63) is 89.6 Å². The molecule has 0 radical (unpaired) electrons. The second-order valence-corrected chi connectivity index (χ2v) is 9.39. The first-order valence-electron chi connectivity index (χ1n) is 10.2. The van der Waals surface area contributed by atoms with Crippen LogP contribution in [0.3, 0.4) is 0 Å². The number of carbonyl (C=O) groups is 1. The summed E-state index contributed by atoms with van der Waals surface area (Å²) < 4.78 is 60.9. The molecule has 2 N–H and O–H groups in total. The minimum Gasteiger partial charge on any atom is -0.445 e. The van der Waals surface area contributed by atoms with Crippen LogP contribution in [0.4, 0.5) is 25.0 Å². The van der Waals surface area contributed by atoms with Crippen LogP contribution in [0.2, 0.25) is 0 Å². The van der Waals surface area contributed by atoms with Crippen LogP contribution < -0.4 is 10.6 Å². The van der Waals surface area contributed by atoms with Crippen LogP contribution >= 0.6 is 0 Å². The zero-order valence-corrected chi connectivity index (χ0v) is 19.1.